The van der Waals surface area contributed by atoms with Crippen molar-refractivity contribution >= 4 is 5.78 Å². The lowest BCUT2D eigenvalue weighted by molar-refractivity contribution is -0.124. The number of hydrogen-bond acceptors (Lipinski definition) is 2. The molecular formula is C9H15NO. The Morgan fingerprint density at radius 1 is 1.45 bits per heavy atom. The number of hydrogen-bond donors (Lipinski definition) is 0. The first-order valence-corrected chi connectivity index (χ1v) is 4.10. The highest BCUT2D eigenvalue weighted by Gasteiger charge is 2.19. The van der Waals surface area contributed by atoms with Crippen LogP contribution in [-0.2, 0) is 4.79 Å². The molecule has 0 N–H and O–H groups in total. The predicted molar refractivity (Wildman–Crippen MR) is 43.9 cm³/mol. The van der Waals surface area contributed by atoms with Gasteiger partial charge in [0, 0.05) is 5.92 Å². The van der Waals surface area contributed by atoms with Crippen molar-refractivity contribution in [2.45, 2.75) is 33.6 Å². The minimum Gasteiger partial charge on any atom is -0.298 e. The zero-order valence-electron chi connectivity index (χ0n) is 7.42. The smallest absolute Gasteiger partial charge is 0.152 e. The Balaban J connectivity index is 4.11. The van der Waals surface area contributed by atoms with Gasteiger partial charge in [-0.2, -0.15) is 5.26 Å². The lowest BCUT2D eigenvalue weighted by Gasteiger charge is -2.11. The average Bonchev–Trinajstić information content (AvgIpc) is 2.05. The molecule has 2 nitrogen and oxygen atoms in total. The van der Waals surface area contributed by atoms with Crippen molar-refractivity contribution in [1.82, 2.24) is 0 Å². The maximum absolute atomic E-state index is 11.3. The molecule has 0 aromatic rings. The Kier molecular flexibility index (Phi) is 4.52. The number of nitrogens with zero attached hydrogens (tertiary/aromatic N) is 1. The second-order valence-corrected chi connectivity index (χ2v) is 2.77. The van der Waals surface area contributed by atoms with Crippen LogP contribution in [-0.4, -0.2) is 5.78 Å². The van der Waals surface area contributed by atoms with E-state index in [2.05, 4.69) is 0 Å². The lowest BCUT2D eigenvalue weighted by Crippen LogP contribution is -2.19. The zero-order valence-corrected chi connectivity index (χ0v) is 7.42. The summed E-state index contributed by atoms with van der Waals surface area (Å²) >= 11 is 0. The highest BCUT2D eigenvalue weighted by Crippen LogP contribution is 2.13. The van der Waals surface area contributed by atoms with Crippen LogP contribution in [0.3, 0.4) is 0 Å². The standard InChI is InChI=1S/C9H15NO/c1-4-8(5-2)9(11)7(3)6-10/h7-8H,4-5H2,1-3H3. The number of Topliss-reactive ketones (excluding diaryl/α,β-unsaturated/α-hetero) is 1. The molecule has 0 fully saturated rings. The Bertz CT molecular complexity index is 165. The molecule has 0 amide bonds. The summed E-state index contributed by atoms with van der Waals surface area (Å²) in [5, 5.41) is 8.47. The molecule has 11 heavy (non-hydrogen) atoms. The largest absolute Gasteiger partial charge is 0.298 e. The third-order valence-corrected chi connectivity index (χ3v) is 2.01. The molecule has 0 radical (unpaired) electrons. The molecule has 0 bridgehead atoms. The maximum Gasteiger partial charge on any atom is 0.152 e. The third kappa shape index (κ3) is 2.71. The Morgan fingerprint density at radius 3 is 2.18 bits per heavy atom. The molecule has 0 aliphatic heterocycles. The van der Waals surface area contributed by atoms with Crippen molar-refractivity contribution < 1.29 is 4.79 Å². The van der Waals surface area contributed by atoms with Crippen LogP contribution < -0.4 is 0 Å². The summed E-state index contributed by atoms with van der Waals surface area (Å²) in [4.78, 5) is 11.3. The molecular weight excluding hydrogens is 138 g/mol. The van der Waals surface area contributed by atoms with Gasteiger partial charge in [-0.15, -0.1) is 0 Å². The normalized spacial score (nSPS) is 12.6. The second kappa shape index (κ2) is 4.90. The summed E-state index contributed by atoms with van der Waals surface area (Å²) in [5.41, 5.74) is 0. The molecule has 1 unspecified atom stereocenters. The van der Waals surface area contributed by atoms with Gasteiger partial charge in [0.05, 0.1) is 6.07 Å². The fraction of sp³-hybridized carbons (Fsp3) is 0.778. The summed E-state index contributed by atoms with van der Waals surface area (Å²) < 4.78 is 0. The topological polar surface area (TPSA) is 40.9 Å². The minimum atomic E-state index is -0.431. The van der Waals surface area contributed by atoms with Gasteiger partial charge in [-0.05, 0) is 19.8 Å². The summed E-state index contributed by atoms with van der Waals surface area (Å²) in [6, 6.07) is 1.96. The van der Waals surface area contributed by atoms with Crippen molar-refractivity contribution in [2.24, 2.45) is 11.8 Å². The zero-order chi connectivity index (χ0) is 8.85. The number of rotatable bonds is 4. The number of nitriles is 1. The fourth-order valence-electron chi connectivity index (χ4n) is 1.11. The Morgan fingerprint density at radius 2 is 1.91 bits per heavy atom. The summed E-state index contributed by atoms with van der Waals surface area (Å²) in [6.45, 7) is 5.63. The molecule has 0 heterocycles. The highest BCUT2D eigenvalue weighted by molar-refractivity contribution is 5.85. The van der Waals surface area contributed by atoms with E-state index in [1.54, 1.807) is 6.92 Å². The first-order valence-electron chi connectivity index (χ1n) is 4.10. The quantitative estimate of drug-likeness (QED) is 0.621. The Hall–Kier alpha value is -0.840. The number of carbonyl (C=O) groups is 1. The number of carbonyl (C=O) groups excluding carboxylic acids is 1. The molecule has 2 heteroatoms. The molecule has 0 saturated heterocycles. The molecule has 1 atom stereocenters. The summed E-state index contributed by atoms with van der Waals surface area (Å²) in [5.74, 6) is -0.248. The first-order chi connectivity index (χ1) is 5.17. The van der Waals surface area contributed by atoms with Crippen molar-refractivity contribution in [3.63, 3.8) is 0 Å². The molecule has 62 valence electrons. The Labute approximate surface area is 68.2 Å². The lowest BCUT2D eigenvalue weighted by atomic mass is 9.91. The van der Waals surface area contributed by atoms with Crippen molar-refractivity contribution in [2.75, 3.05) is 0 Å². The van der Waals surface area contributed by atoms with E-state index in [1.165, 1.54) is 0 Å². The third-order valence-electron chi connectivity index (χ3n) is 2.01. The van der Waals surface area contributed by atoms with E-state index in [9.17, 15) is 4.79 Å². The van der Waals surface area contributed by atoms with E-state index >= 15 is 0 Å². The molecule has 0 aromatic carbocycles. The maximum atomic E-state index is 11.3. The van der Waals surface area contributed by atoms with Crippen LogP contribution in [0.5, 0.6) is 0 Å². The molecule has 0 aliphatic carbocycles. The van der Waals surface area contributed by atoms with Gasteiger partial charge in [-0.25, -0.2) is 0 Å². The van der Waals surface area contributed by atoms with Crippen LogP contribution in [0.4, 0.5) is 0 Å². The predicted octanol–water partition coefficient (Wildman–Crippen LogP) is 2.15. The van der Waals surface area contributed by atoms with Gasteiger partial charge in [0.25, 0.3) is 0 Å². The van der Waals surface area contributed by atoms with Crippen LogP contribution in [0.1, 0.15) is 33.6 Å². The summed E-state index contributed by atoms with van der Waals surface area (Å²) in [7, 11) is 0. The van der Waals surface area contributed by atoms with Gasteiger partial charge in [0.1, 0.15) is 5.92 Å². The van der Waals surface area contributed by atoms with Crippen LogP contribution >= 0.6 is 0 Å². The molecule has 0 aliphatic rings. The molecule has 0 saturated carbocycles. The van der Waals surface area contributed by atoms with Gasteiger partial charge in [0.15, 0.2) is 5.78 Å². The van der Waals surface area contributed by atoms with E-state index < -0.39 is 5.92 Å². The average molecular weight is 153 g/mol. The van der Waals surface area contributed by atoms with Crippen LogP contribution in [0.2, 0.25) is 0 Å². The van der Waals surface area contributed by atoms with Crippen molar-refractivity contribution in [3.05, 3.63) is 0 Å². The molecule has 0 spiro atoms. The van der Waals surface area contributed by atoms with E-state index in [0.29, 0.717) is 0 Å². The second-order valence-electron chi connectivity index (χ2n) is 2.77. The van der Waals surface area contributed by atoms with Gasteiger partial charge in [0.2, 0.25) is 0 Å². The van der Waals surface area contributed by atoms with Crippen LogP contribution in [0.25, 0.3) is 0 Å². The van der Waals surface area contributed by atoms with Gasteiger partial charge in [-0.1, -0.05) is 13.8 Å². The van der Waals surface area contributed by atoms with E-state index in [0.717, 1.165) is 12.8 Å². The highest BCUT2D eigenvalue weighted by atomic mass is 16.1. The van der Waals surface area contributed by atoms with Crippen LogP contribution in [0, 0.1) is 23.2 Å². The molecule has 0 rings (SSSR count). The van der Waals surface area contributed by atoms with Gasteiger partial charge in [-0.3, -0.25) is 4.79 Å². The van der Waals surface area contributed by atoms with Crippen molar-refractivity contribution in [1.29, 1.82) is 5.26 Å². The fourth-order valence-corrected chi connectivity index (χ4v) is 1.11. The van der Waals surface area contributed by atoms with Crippen molar-refractivity contribution in [3.8, 4) is 6.07 Å². The summed E-state index contributed by atoms with van der Waals surface area (Å²) in [6.07, 6.45) is 1.70. The van der Waals surface area contributed by atoms with Crippen LogP contribution in [0.15, 0.2) is 0 Å². The monoisotopic (exact) mass is 153 g/mol. The van der Waals surface area contributed by atoms with Gasteiger partial charge >= 0.3 is 0 Å². The number of ketones is 1. The van der Waals surface area contributed by atoms with E-state index in [1.807, 2.05) is 19.9 Å². The molecule has 0 aromatic heterocycles. The first kappa shape index (κ1) is 10.2. The van der Waals surface area contributed by atoms with E-state index in [4.69, 9.17) is 5.26 Å². The van der Waals surface area contributed by atoms with Gasteiger partial charge < -0.3 is 0 Å². The van der Waals surface area contributed by atoms with E-state index in [-0.39, 0.29) is 11.7 Å². The minimum absolute atomic E-state index is 0.0876. The SMILES string of the molecule is CCC(CC)C(=O)C(C)C#N.